The van der Waals surface area contributed by atoms with Crippen molar-refractivity contribution < 1.29 is 19.7 Å². The molecule has 4 nitrogen and oxygen atoms in total. The van der Waals surface area contributed by atoms with Gasteiger partial charge in [-0.25, -0.2) is 4.39 Å². The van der Waals surface area contributed by atoms with Gasteiger partial charge in [-0.1, -0.05) is 12.1 Å². The minimum atomic E-state index is -1.05. The minimum Gasteiger partial charge on any atom is -0.389 e. The molecule has 0 spiro atoms. The van der Waals surface area contributed by atoms with Gasteiger partial charge in [0.25, 0.3) is 0 Å². The molecule has 1 saturated heterocycles. The third kappa shape index (κ3) is 3.98. The van der Waals surface area contributed by atoms with E-state index >= 15 is 0 Å². The quantitative estimate of drug-likeness (QED) is 0.728. The molecule has 3 atom stereocenters. The summed E-state index contributed by atoms with van der Waals surface area (Å²) in [6, 6.07) is 6.41. The predicted molar refractivity (Wildman–Crippen MR) is 69.2 cm³/mol. The third-order valence-corrected chi connectivity index (χ3v) is 3.53. The highest BCUT2D eigenvalue weighted by Crippen LogP contribution is 2.13. The second-order valence-corrected chi connectivity index (χ2v) is 5.11. The number of nitrogens with zero attached hydrogens (tertiary/aromatic N) is 1. The monoisotopic (exact) mass is 269 g/mol. The molecule has 0 aromatic heterocycles. The third-order valence-electron chi connectivity index (χ3n) is 3.53. The van der Waals surface area contributed by atoms with Crippen LogP contribution in [0.1, 0.15) is 12.0 Å². The first-order valence-corrected chi connectivity index (χ1v) is 6.57. The van der Waals surface area contributed by atoms with Crippen LogP contribution >= 0.6 is 0 Å². The normalized spacial score (nSPS) is 28.5. The summed E-state index contributed by atoms with van der Waals surface area (Å²) >= 11 is 0. The second kappa shape index (κ2) is 6.43. The fraction of sp³-hybridized carbons (Fsp3) is 0.571. The summed E-state index contributed by atoms with van der Waals surface area (Å²) in [4.78, 5) is 1.94. The highest BCUT2D eigenvalue weighted by molar-refractivity contribution is 5.16. The smallest absolute Gasteiger partial charge is 0.123 e. The molecule has 106 valence electrons. The minimum absolute atomic E-state index is 0.236. The van der Waals surface area contributed by atoms with E-state index in [9.17, 15) is 19.7 Å². The number of hydrogen-bond donors (Lipinski definition) is 3. The Balaban J connectivity index is 1.75. The van der Waals surface area contributed by atoms with Gasteiger partial charge in [-0.05, 0) is 37.1 Å². The van der Waals surface area contributed by atoms with Gasteiger partial charge in [0.15, 0.2) is 0 Å². The number of likely N-dealkylation sites (tertiary alicyclic amines) is 1. The Morgan fingerprint density at radius 1 is 1.05 bits per heavy atom. The van der Waals surface area contributed by atoms with Crippen molar-refractivity contribution in [1.82, 2.24) is 4.90 Å². The van der Waals surface area contributed by atoms with Crippen molar-refractivity contribution in [2.45, 2.75) is 31.2 Å². The lowest BCUT2D eigenvalue weighted by Gasteiger charge is -2.36. The van der Waals surface area contributed by atoms with Gasteiger partial charge in [-0.3, -0.25) is 4.90 Å². The van der Waals surface area contributed by atoms with Gasteiger partial charge < -0.3 is 15.3 Å². The van der Waals surface area contributed by atoms with Crippen LogP contribution in [0.2, 0.25) is 0 Å². The number of rotatable bonds is 4. The summed E-state index contributed by atoms with van der Waals surface area (Å²) in [6.07, 6.45) is -1.15. The molecule has 0 aliphatic carbocycles. The van der Waals surface area contributed by atoms with Gasteiger partial charge in [0.2, 0.25) is 0 Å². The lowest BCUT2D eigenvalue weighted by Crippen LogP contribution is -2.55. The molecule has 1 aliphatic rings. The summed E-state index contributed by atoms with van der Waals surface area (Å²) in [5.74, 6) is -0.236. The fourth-order valence-electron chi connectivity index (χ4n) is 2.42. The molecular weight excluding hydrogens is 249 g/mol. The van der Waals surface area contributed by atoms with Crippen molar-refractivity contribution in [2.24, 2.45) is 0 Å². The van der Waals surface area contributed by atoms with Gasteiger partial charge in [-0.2, -0.15) is 0 Å². The van der Waals surface area contributed by atoms with Crippen LogP contribution in [0.4, 0.5) is 4.39 Å². The van der Waals surface area contributed by atoms with Crippen LogP contribution in [0.3, 0.4) is 0 Å². The van der Waals surface area contributed by atoms with Crippen LogP contribution in [0.5, 0.6) is 0 Å². The SMILES string of the molecule is O[C@H]1[C@H](O)CN(CCCc2ccc(F)cc2)C[C@@H]1O. The Hall–Kier alpha value is -1.01. The molecule has 1 aromatic carbocycles. The van der Waals surface area contributed by atoms with Crippen LogP contribution in [0, 0.1) is 5.82 Å². The van der Waals surface area contributed by atoms with E-state index in [2.05, 4.69) is 0 Å². The maximum atomic E-state index is 12.7. The molecule has 0 unspecified atom stereocenters. The molecule has 5 heteroatoms. The second-order valence-electron chi connectivity index (χ2n) is 5.11. The predicted octanol–water partition coefficient (Wildman–Crippen LogP) is 0.157. The summed E-state index contributed by atoms with van der Waals surface area (Å²) in [5, 5.41) is 28.6. The average Bonchev–Trinajstić information content (AvgIpc) is 2.38. The first-order chi connectivity index (χ1) is 9.06. The molecular formula is C14H20FNO3. The molecule has 0 saturated carbocycles. The Labute approximate surface area is 112 Å². The van der Waals surface area contributed by atoms with Crippen LogP contribution in [-0.2, 0) is 6.42 Å². The molecule has 2 rings (SSSR count). The van der Waals surface area contributed by atoms with Gasteiger partial charge in [0.05, 0.1) is 12.2 Å². The van der Waals surface area contributed by atoms with Crippen LogP contribution in [0.15, 0.2) is 24.3 Å². The molecule has 1 fully saturated rings. The van der Waals surface area contributed by atoms with Crippen molar-refractivity contribution in [3.63, 3.8) is 0 Å². The van der Waals surface area contributed by atoms with E-state index in [0.29, 0.717) is 13.1 Å². The average molecular weight is 269 g/mol. The summed E-state index contributed by atoms with van der Waals surface area (Å²) < 4.78 is 12.7. The van der Waals surface area contributed by atoms with Crippen molar-refractivity contribution in [3.05, 3.63) is 35.6 Å². The Kier molecular flexibility index (Phi) is 4.87. The first-order valence-electron chi connectivity index (χ1n) is 6.57. The van der Waals surface area contributed by atoms with E-state index in [-0.39, 0.29) is 5.82 Å². The van der Waals surface area contributed by atoms with Gasteiger partial charge in [0.1, 0.15) is 11.9 Å². The number of halogens is 1. The highest BCUT2D eigenvalue weighted by atomic mass is 19.1. The standard InChI is InChI=1S/C14H20FNO3/c15-11-5-3-10(4-6-11)2-1-7-16-8-12(17)14(19)13(18)9-16/h3-6,12-14,17-19H,1-2,7-9H2/t12-,13+,14+. The zero-order valence-corrected chi connectivity index (χ0v) is 10.7. The number of aryl methyl sites for hydroxylation is 1. The largest absolute Gasteiger partial charge is 0.389 e. The topological polar surface area (TPSA) is 63.9 Å². The van der Waals surface area contributed by atoms with E-state index in [1.54, 1.807) is 12.1 Å². The fourth-order valence-corrected chi connectivity index (χ4v) is 2.42. The van der Waals surface area contributed by atoms with Crippen molar-refractivity contribution in [3.8, 4) is 0 Å². The van der Waals surface area contributed by atoms with Crippen LogP contribution in [0.25, 0.3) is 0 Å². The molecule has 1 heterocycles. The summed E-state index contributed by atoms with van der Waals surface area (Å²) in [7, 11) is 0. The number of piperidine rings is 1. The molecule has 1 aliphatic heterocycles. The van der Waals surface area contributed by atoms with Crippen LogP contribution in [-0.4, -0.2) is 58.2 Å². The Bertz CT molecular complexity index is 386. The van der Waals surface area contributed by atoms with E-state index in [1.165, 1.54) is 12.1 Å². The van der Waals surface area contributed by atoms with E-state index in [4.69, 9.17) is 0 Å². The Morgan fingerprint density at radius 2 is 1.63 bits per heavy atom. The van der Waals surface area contributed by atoms with Gasteiger partial charge in [-0.15, -0.1) is 0 Å². The molecule has 0 amide bonds. The van der Waals surface area contributed by atoms with Gasteiger partial charge in [0, 0.05) is 13.1 Å². The zero-order valence-electron chi connectivity index (χ0n) is 10.7. The maximum absolute atomic E-state index is 12.7. The van der Waals surface area contributed by atoms with Crippen molar-refractivity contribution in [1.29, 1.82) is 0 Å². The zero-order chi connectivity index (χ0) is 13.8. The number of hydrogen-bond acceptors (Lipinski definition) is 4. The van der Waals surface area contributed by atoms with Gasteiger partial charge >= 0.3 is 0 Å². The first kappa shape index (κ1) is 14.4. The van der Waals surface area contributed by atoms with Crippen LogP contribution < -0.4 is 0 Å². The van der Waals surface area contributed by atoms with E-state index < -0.39 is 18.3 Å². The maximum Gasteiger partial charge on any atom is 0.123 e. The lowest BCUT2D eigenvalue weighted by atomic mass is 10.0. The summed E-state index contributed by atoms with van der Waals surface area (Å²) in [5.41, 5.74) is 1.07. The van der Waals surface area contributed by atoms with E-state index in [0.717, 1.165) is 24.9 Å². The van der Waals surface area contributed by atoms with Crippen molar-refractivity contribution in [2.75, 3.05) is 19.6 Å². The summed E-state index contributed by atoms with van der Waals surface area (Å²) in [6.45, 7) is 1.49. The molecule has 19 heavy (non-hydrogen) atoms. The number of β-amino-alcohol motifs (C(OH)–C–C–N with tert-alkyl or cyclic N) is 2. The lowest BCUT2D eigenvalue weighted by molar-refractivity contribution is -0.109. The molecule has 1 aromatic rings. The molecule has 3 N–H and O–H groups in total. The number of aliphatic hydroxyl groups excluding tert-OH is 3. The number of benzene rings is 1. The molecule has 0 radical (unpaired) electrons. The van der Waals surface area contributed by atoms with Crippen molar-refractivity contribution >= 4 is 0 Å². The number of aliphatic hydroxyl groups is 3. The molecule has 0 bridgehead atoms. The Morgan fingerprint density at radius 3 is 2.21 bits per heavy atom. The highest BCUT2D eigenvalue weighted by Gasteiger charge is 2.32. The van der Waals surface area contributed by atoms with E-state index in [1.807, 2.05) is 4.90 Å².